The van der Waals surface area contributed by atoms with Crippen molar-refractivity contribution in [1.82, 2.24) is 9.80 Å². The third-order valence-corrected chi connectivity index (χ3v) is 5.57. The van der Waals surface area contributed by atoms with Crippen LogP contribution in [0.25, 0.3) is 0 Å². The van der Waals surface area contributed by atoms with E-state index in [-0.39, 0.29) is 0 Å². The van der Waals surface area contributed by atoms with Gasteiger partial charge in [-0.05, 0) is 57.8 Å². The molecule has 0 spiro atoms. The van der Waals surface area contributed by atoms with Crippen molar-refractivity contribution in [2.75, 3.05) is 39.8 Å². The van der Waals surface area contributed by atoms with Gasteiger partial charge in [0, 0.05) is 45.9 Å². The van der Waals surface area contributed by atoms with Crippen LogP contribution < -0.4 is 0 Å². The van der Waals surface area contributed by atoms with E-state index in [1.54, 1.807) is 0 Å². The minimum atomic E-state index is 0.542. The maximum Gasteiger partial charge on any atom is 0.0571 e. The van der Waals surface area contributed by atoms with Crippen LogP contribution in [0.3, 0.4) is 0 Å². The molecule has 0 N–H and O–H groups in total. The third kappa shape index (κ3) is 5.54. The van der Waals surface area contributed by atoms with E-state index in [2.05, 4.69) is 30.6 Å². The molecule has 0 aromatic heterocycles. The fourth-order valence-corrected chi connectivity index (χ4v) is 4.15. The number of rotatable bonds is 6. The quantitative estimate of drug-likeness (QED) is 0.748. The fraction of sp³-hybridized carbons (Fsp3) is 1.00. The molecule has 0 radical (unpaired) electrons. The molecule has 0 bridgehead atoms. The Morgan fingerprint density at radius 1 is 0.952 bits per heavy atom. The van der Waals surface area contributed by atoms with Crippen LogP contribution in [-0.2, 0) is 4.74 Å². The summed E-state index contributed by atoms with van der Waals surface area (Å²) in [6.45, 7) is 13.4. The number of piperazine rings is 1. The highest BCUT2D eigenvalue weighted by Gasteiger charge is 2.24. The Balaban J connectivity index is 1.63. The van der Waals surface area contributed by atoms with Crippen LogP contribution in [0.4, 0.5) is 0 Å². The van der Waals surface area contributed by atoms with Gasteiger partial charge in [-0.1, -0.05) is 6.92 Å². The van der Waals surface area contributed by atoms with Crippen molar-refractivity contribution in [3.05, 3.63) is 0 Å². The molecule has 1 aliphatic carbocycles. The Bertz CT molecular complexity index is 279. The highest BCUT2D eigenvalue weighted by Crippen LogP contribution is 2.30. The Kier molecular flexibility index (Phi) is 6.97. The predicted molar refractivity (Wildman–Crippen MR) is 89.7 cm³/mol. The van der Waals surface area contributed by atoms with Crippen molar-refractivity contribution in [3.8, 4) is 0 Å². The topological polar surface area (TPSA) is 15.7 Å². The lowest BCUT2D eigenvalue weighted by Gasteiger charge is -2.38. The van der Waals surface area contributed by atoms with Crippen LogP contribution in [0.1, 0.15) is 52.9 Å². The van der Waals surface area contributed by atoms with Gasteiger partial charge in [-0.25, -0.2) is 0 Å². The van der Waals surface area contributed by atoms with Gasteiger partial charge in [-0.15, -0.1) is 0 Å². The maximum absolute atomic E-state index is 5.48. The summed E-state index contributed by atoms with van der Waals surface area (Å²) >= 11 is 0. The fourth-order valence-electron chi connectivity index (χ4n) is 4.15. The number of methoxy groups -OCH3 is 1. The minimum absolute atomic E-state index is 0.542. The molecule has 0 aromatic rings. The van der Waals surface area contributed by atoms with Crippen molar-refractivity contribution in [2.24, 2.45) is 11.8 Å². The van der Waals surface area contributed by atoms with E-state index in [4.69, 9.17) is 4.74 Å². The molecule has 1 atom stereocenters. The Morgan fingerprint density at radius 3 is 2.10 bits per heavy atom. The number of ether oxygens (including phenoxy) is 1. The van der Waals surface area contributed by atoms with E-state index < -0.39 is 0 Å². The number of nitrogens with zero attached hydrogens (tertiary/aromatic N) is 2. The maximum atomic E-state index is 5.48. The van der Waals surface area contributed by atoms with Gasteiger partial charge in [0.15, 0.2) is 0 Å². The summed E-state index contributed by atoms with van der Waals surface area (Å²) < 4.78 is 5.48. The Labute approximate surface area is 132 Å². The van der Waals surface area contributed by atoms with Crippen LogP contribution in [-0.4, -0.2) is 61.8 Å². The molecule has 1 saturated carbocycles. The van der Waals surface area contributed by atoms with E-state index in [9.17, 15) is 0 Å². The Hall–Kier alpha value is -0.120. The molecule has 124 valence electrons. The molecule has 2 aliphatic rings. The van der Waals surface area contributed by atoms with Gasteiger partial charge in [-0.2, -0.15) is 0 Å². The first-order chi connectivity index (χ1) is 10.1. The monoisotopic (exact) mass is 296 g/mol. The van der Waals surface area contributed by atoms with Gasteiger partial charge < -0.3 is 9.64 Å². The minimum Gasteiger partial charge on any atom is -0.381 e. The predicted octanol–water partition coefficient (Wildman–Crippen LogP) is 3.24. The second kappa shape index (κ2) is 8.50. The summed E-state index contributed by atoms with van der Waals surface area (Å²) in [6, 6.07) is 0.709. The lowest BCUT2D eigenvalue weighted by molar-refractivity contribution is 0.0500. The molecular formula is C18H36N2O. The highest BCUT2D eigenvalue weighted by atomic mass is 16.5. The van der Waals surface area contributed by atoms with Crippen LogP contribution in [0.15, 0.2) is 0 Å². The molecule has 21 heavy (non-hydrogen) atoms. The molecule has 0 unspecified atom stereocenters. The average Bonchev–Trinajstić information content (AvgIpc) is 2.48. The summed E-state index contributed by atoms with van der Waals surface area (Å²) in [5, 5.41) is 0. The van der Waals surface area contributed by atoms with Crippen molar-refractivity contribution in [1.29, 1.82) is 0 Å². The summed E-state index contributed by atoms with van der Waals surface area (Å²) in [5.41, 5.74) is 0. The van der Waals surface area contributed by atoms with Crippen LogP contribution in [0.5, 0.6) is 0 Å². The first-order valence-corrected chi connectivity index (χ1v) is 9.07. The van der Waals surface area contributed by atoms with Crippen molar-refractivity contribution in [3.63, 3.8) is 0 Å². The lowest BCUT2D eigenvalue weighted by atomic mass is 9.82. The second-order valence-corrected chi connectivity index (χ2v) is 7.65. The van der Waals surface area contributed by atoms with Gasteiger partial charge in [0.05, 0.1) is 6.10 Å². The second-order valence-electron chi connectivity index (χ2n) is 7.65. The van der Waals surface area contributed by atoms with E-state index in [0.29, 0.717) is 12.1 Å². The highest BCUT2D eigenvalue weighted by molar-refractivity contribution is 4.78. The summed E-state index contributed by atoms with van der Waals surface area (Å²) in [4.78, 5) is 5.29. The average molecular weight is 296 g/mol. The number of hydrogen-bond donors (Lipinski definition) is 0. The van der Waals surface area contributed by atoms with E-state index in [1.807, 2.05) is 7.11 Å². The van der Waals surface area contributed by atoms with Gasteiger partial charge >= 0.3 is 0 Å². The third-order valence-electron chi connectivity index (χ3n) is 5.57. The molecule has 0 amide bonds. The van der Waals surface area contributed by atoms with Crippen molar-refractivity contribution >= 4 is 0 Å². The summed E-state index contributed by atoms with van der Waals surface area (Å²) in [7, 11) is 1.87. The van der Waals surface area contributed by atoms with Gasteiger partial charge in [0.2, 0.25) is 0 Å². The molecule has 1 saturated heterocycles. The zero-order chi connectivity index (χ0) is 15.2. The van der Waals surface area contributed by atoms with Gasteiger partial charge in [0.1, 0.15) is 0 Å². The van der Waals surface area contributed by atoms with Crippen LogP contribution >= 0.6 is 0 Å². The lowest BCUT2D eigenvalue weighted by Crippen LogP contribution is -2.49. The first-order valence-electron chi connectivity index (χ1n) is 9.07. The molecule has 2 fully saturated rings. The van der Waals surface area contributed by atoms with Crippen LogP contribution in [0, 0.1) is 11.8 Å². The summed E-state index contributed by atoms with van der Waals surface area (Å²) in [6.07, 6.45) is 7.28. The van der Waals surface area contributed by atoms with Crippen molar-refractivity contribution < 1.29 is 4.74 Å². The molecular weight excluding hydrogens is 260 g/mol. The number of hydrogen-bond acceptors (Lipinski definition) is 3. The van der Waals surface area contributed by atoms with E-state index in [1.165, 1.54) is 64.8 Å². The zero-order valence-corrected chi connectivity index (χ0v) is 14.7. The molecule has 3 nitrogen and oxygen atoms in total. The Morgan fingerprint density at radius 2 is 1.57 bits per heavy atom. The van der Waals surface area contributed by atoms with E-state index in [0.717, 1.165) is 11.8 Å². The first kappa shape index (κ1) is 17.2. The van der Waals surface area contributed by atoms with Gasteiger partial charge in [-0.3, -0.25) is 4.90 Å². The van der Waals surface area contributed by atoms with Crippen LogP contribution in [0.2, 0.25) is 0 Å². The zero-order valence-electron chi connectivity index (χ0n) is 14.7. The van der Waals surface area contributed by atoms with E-state index >= 15 is 0 Å². The van der Waals surface area contributed by atoms with Crippen molar-refractivity contribution in [2.45, 2.75) is 65.0 Å². The summed E-state index contributed by atoms with van der Waals surface area (Å²) in [5.74, 6) is 1.79. The molecule has 0 aromatic carbocycles. The van der Waals surface area contributed by atoms with Gasteiger partial charge in [0.25, 0.3) is 0 Å². The largest absolute Gasteiger partial charge is 0.381 e. The normalized spacial score (nSPS) is 30.7. The molecule has 1 aliphatic heterocycles. The SMILES string of the molecule is CO[C@H]1CC[C@H](C[C@H](C)CN2CCN(C(C)C)CC2)CC1. The standard InChI is InChI=1S/C18H36N2O/c1-15(2)20-11-9-19(10-12-20)14-16(3)13-17-5-7-18(21-4)8-6-17/h15-18H,5-14H2,1-4H3/t16-,17-,18-/m0/s1. The molecule has 1 heterocycles. The molecule has 3 heteroatoms. The smallest absolute Gasteiger partial charge is 0.0571 e. The molecule has 2 rings (SSSR count).